The fourth-order valence-corrected chi connectivity index (χ4v) is 6.09. The molecule has 1 fully saturated rings. The summed E-state index contributed by atoms with van der Waals surface area (Å²) in [7, 11) is 0. The number of esters is 2. The van der Waals surface area contributed by atoms with E-state index in [1.807, 2.05) is 0 Å². The molecule has 0 saturated carbocycles. The van der Waals surface area contributed by atoms with Crippen molar-refractivity contribution in [2.75, 3.05) is 19.8 Å². The smallest absolute Gasteiger partial charge is 0.306 e. The maximum atomic E-state index is 12.7. The highest BCUT2D eigenvalue weighted by Gasteiger charge is 2.44. The molecular weight excluding hydrogens is 676 g/mol. The predicted octanol–water partition coefficient (Wildman–Crippen LogP) is 8.33. The Labute approximate surface area is 321 Å². The highest BCUT2D eigenvalue weighted by atomic mass is 16.7. The minimum atomic E-state index is -1.60. The first-order valence-electron chi connectivity index (χ1n) is 21.1. The molecule has 4 N–H and O–H groups in total. The third-order valence-corrected chi connectivity index (χ3v) is 9.50. The lowest BCUT2D eigenvalue weighted by atomic mass is 9.99. The summed E-state index contributed by atoms with van der Waals surface area (Å²) < 4.78 is 22.1. The standard InChI is InChI=1S/C43H76O10/c1-3-5-7-9-11-13-15-17-18-20-21-23-25-27-29-31-38(45)50-34-36(35-51-43-42(49)41(48)40(47)37(33-44)53-43)52-39(46)32-30-28-26-24-22-19-16-14-12-10-8-6-4-2/h11,13,17-19,22,36-37,40-44,47-49H,3-10,12,14-16,20-21,23-35H2,1-2H3. The average Bonchev–Trinajstić information content (AvgIpc) is 3.15. The van der Waals surface area contributed by atoms with Gasteiger partial charge in [0, 0.05) is 12.8 Å². The maximum Gasteiger partial charge on any atom is 0.306 e. The lowest BCUT2D eigenvalue weighted by Gasteiger charge is -2.39. The number of carbonyl (C=O) groups excluding carboxylic acids is 2. The van der Waals surface area contributed by atoms with Crippen molar-refractivity contribution in [1.82, 2.24) is 0 Å². The Morgan fingerprint density at radius 3 is 1.64 bits per heavy atom. The van der Waals surface area contributed by atoms with Crippen molar-refractivity contribution < 1.29 is 49.0 Å². The van der Waals surface area contributed by atoms with E-state index in [0.29, 0.717) is 12.8 Å². The Hall–Kier alpha value is -2.08. The Kier molecular flexibility index (Phi) is 31.8. The van der Waals surface area contributed by atoms with Crippen LogP contribution in [0.1, 0.15) is 168 Å². The largest absolute Gasteiger partial charge is 0.462 e. The third kappa shape index (κ3) is 26.4. The van der Waals surface area contributed by atoms with Crippen molar-refractivity contribution in [3.63, 3.8) is 0 Å². The molecule has 0 amide bonds. The summed E-state index contributed by atoms with van der Waals surface area (Å²) in [4.78, 5) is 25.2. The number of aliphatic hydroxyl groups is 4. The lowest BCUT2D eigenvalue weighted by Crippen LogP contribution is -2.59. The van der Waals surface area contributed by atoms with Crippen molar-refractivity contribution in [1.29, 1.82) is 0 Å². The second-order valence-electron chi connectivity index (χ2n) is 14.4. The second kappa shape index (κ2) is 34.4. The van der Waals surface area contributed by atoms with Crippen LogP contribution in [0.15, 0.2) is 36.5 Å². The second-order valence-corrected chi connectivity index (χ2v) is 14.4. The van der Waals surface area contributed by atoms with Gasteiger partial charge in [-0.15, -0.1) is 0 Å². The number of hydrogen-bond donors (Lipinski definition) is 4. The van der Waals surface area contributed by atoms with Gasteiger partial charge in [-0.2, -0.15) is 0 Å². The molecule has 1 saturated heterocycles. The fraction of sp³-hybridized carbons (Fsp3) is 0.814. The minimum Gasteiger partial charge on any atom is -0.462 e. The van der Waals surface area contributed by atoms with Gasteiger partial charge in [0.15, 0.2) is 12.4 Å². The van der Waals surface area contributed by atoms with Gasteiger partial charge in [-0.05, 0) is 70.6 Å². The molecule has 0 aromatic heterocycles. The predicted molar refractivity (Wildman–Crippen MR) is 210 cm³/mol. The molecule has 53 heavy (non-hydrogen) atoms. The first kappa shape index (κ1) is 48.9. The van der Waals surface area contributed by atoms with Gasteiger partial charge in [-0.1, -0.05) is 121 Å². The normalized spacial score (nSPS) is 21.2. The summed E-state index contributed by atoms with van der Waals surface area (Å²) >= 11 is 0. The molecule has 1 aliphatic heterocycles. The summed E-state index contributed by atoms with van der Waals surface area (Å²) in [6, 6.07) is 0. The summed E-state index contributed by atoms with van der Waals surface area (Å²) in [6.45, 7) is 3.34. The number of rotatable bonds is 34. The van der Waals surface area contributed by atoms with Crippen LogP contribution in [0.4, 0.5) is 0 Å². The highest BCUT2D eigenvalue weighted by Crippen LogP contribution is 2.22. The molecule has 1 rings (SSSR count). The first-order chi connectivity index (χ1) is 25.8. The molecule has 0 bridgehead atoms. The van der Waals surface area contributed by atoms with Crippen molar-refractivity contribution in [2.24, 2.45) is 0 Å². The maximum absolute atomic E-state index is 12.7. The molecule has 0 aromatic rings. The topological polar surface area (TPSA) is 152 Å². The fourth-order valence-electron chi connectivity index (χ4n) is 6.09. The zero-order chi connectivity index (χ0) is 38.8. The Bertz CT molecular complexity index is 965. The van der Waals surface area contributed by atoms with Crippen LogP contribution in [0.5, 0.6) is 0 Å². The van der Waals surface area contributed by atoms with Crippen molar-refractivity contribution in [2.45, 2.75) is 205 Å². The van der Waals surface area contributed by atoms with Gasteiger partial charge < -0.3 is 39.4 Å². The Morgan fingerprint density at radius 2 is 1.06 bits per heavy atom. The van der Waals surface area contributed by atoms with E-state index < -0.39 is 55.4 Å². The van der Waals surface area contributed by atoms with Crippen LogP contribution in [-0.4, -0.2) is 89.0 Å². The van der Waals surface area contributed by atoms with Crippen LogP contribution >= 0.6 is 0 Å². The van der Waals surface area contributed by atoms with Crippen LogP contribution < -0.4 is 0 Å². The van der Waals surface area contributed by atoms with Crippen LogP contribution in [0, 0.1) is 0 Å². The van der Waals surface area contributed by atoms with E-state index in [4.69, 9.17) is 18.9 Å². The number of allylic oxidation sites excluding steroid dienone is 6. The number of unbranched alkanes of at least 4 members (excludes halogenated alkanes) is 17. The van der Waals surface area contributed by atoms with E-state index in [1.54, 1.807) is 0 Å². The van der Waals surface area contributed by atoms with Crippen molar-refractivity contribution in [3.8, 4) is 0 Å². The number of hydrogen-bond acceptors (Lipinski definition) is 10. The van der Waals surface area contributed by atoms with E-state index in [1.165, 1.54) is 64.2 Å². The minimum absolute atomic E-state index is 0.206. The van der Waals surface area contributed by atoms with Gasteiger partial charge in [0.1, 0.15) is 31.0 Å². The third-order valence-electron chi connectivity index (χ3n) is 9.50. The van der Waals surface area contributed by atoms with Gasteiger partial charge >= 0.3 is 11.9 Å². The lowest BCUT2D eigenvalue weighted by molar-refractivity contribution is -0.305. The van der Waals surface area contributed by atoms with E-state index in [-0.39, 0.29) is 26.1 Å². The highest BCUT2D eigenvalue weighted by molar-refractivity contribution is 5.70. The van der Waals surface area contributed by atoms with Gasteiger partial charge in [0.2, 0.25) is 0 Å². The number of ether oxygens (including phenoxy) is 4. The van der Waals surface area contributed by atoms with Crippen LogP contribution in [-0.2, 0) is 28.5 Å². The summed E-state index contributed by atoms with van der Waals surface area (Å²) in [5.41, 5.74) is 0. The molecule has 0 aromatic carbocycles. The molecule has 0 radical (unpaired) electrons. The van der Waals surface area contributed by atoms with Crippen LogP contribution in [0.25, 0.3) is 0 Å². The molecule has 1 heterocycles. The Balaban J connectivity index is 2.38. The van der Waals surface area contributed by atoms with Crippen molar-refractivity contribution >= 4 is 11.9 Å². The monoisotopic (exact) mass is 753 g/mol. The van der Waals surface area contributed by atoms with Gasteiger partial charge in [0.25, 0.3) is 0 Å². The number of aliphatic hydroxyl groups excluding tert-OH is 4. The molecule has 10 nitrogen and oxygen atoms in total. The SMILES string of the molecule is CCCCCC=CCC=CCCCCCCCC(=O)OCC(COC1OC(CO)C(O)C(O)C1O)OC(=O)CCCCCC=CCCCCCCCC. The number of carbonyl (C=O) groups is 2. The van der Waals surface area contributed by atoms with Crippen molar-refractivity contribution in [3.05, 3.63) is 36.5 Å². The molecular formula is C43H76O10. The molecule has 6 unspecified atom stereocenters. The molecule has 0 spiro atoms. The van der Waals surface area contributed by atoms with Crippen LogP contribution in [0.3, 0.4) is 0 Å². The van der Waals surface area contributed by atoms with E-state index >= 15 is 0 Å². The van der Waals surface area contributed by atoms with Crippen LogP contribution in [0.2, 0.25) is 0 Å². The summed E-state index contributed by atoms with van der Waals surface area (Å²) in [5, 5.41) is 40.0. The quantitative estimate of drug-likeness (QED) is 0.0287. The van der Waals surface area contributed by atoms with Gasteiger partial charge in [-0.3, -0.25) is 9.59 Å². The summed E-state index contributed by atoms with van der Waals surface area (Å²) in [5.74, 6) is -0.843. The van der Waals surface area contributed by atoms with Gasteiger partial charge in [-0.25, -0.2) is 0 Å². The van der Waals surface area contributed by atoms with E-state index in [0.717, 1.165) is 64.2 Å². The molecule has 6 atom stereocenters. The molecule has 308 valence electrons. The zero-order valence-corrected chi connectivity index (χ0v) is 33.3. The Morgan fingerprint density at radius 1 is 0.585 bits per heavy atom. The van der Waals surface area contributed by atoms with E-state index in [9.17, 15) is 30.0 Å². The molecule has 10 heteroatoms. The molecule has 1 aliphatic rings. The first-order valence-corrected chi connectivity index (χ1v) is 21.1. The molecule has 0 aliphatic carbocycles. The van der Waals surface area contributed by atoms with Gasteiger partial charge in [0.05, 0.1) is 13.2 Å². The van der Waals surface area contributed by atoms with E-state index in [2.05, 4.69) is 50.3 Å². The zero-order valence-electron chi connectivity index (χ0n) is 33.3. The average molecular weight is 753 g/mol. The summed E-state index contributed by atoms with van der Waals surface area (Å²) in [6.07, 6.45) is 30.1.